The number of nitrogens with zero attached hydrogens (tertiary/aromatic N) is 1. The number of carbonyl (C=O) groups is 1. The summed E-state index contributed by atoms with van der Waals surface area (Å²) in [6, 6.07) is 10.1. The Hall–Kier alpha value is -2.31. The minimum atomic E-state index is -0.349. The van der Waals surface area contributed by atoms with Gasteiger partial charge in [0.2, 0.25) is 5.91 Å². The van der Waals surface area contributed by atoms with Crippen LogP contribution >= 0.6 is 11.6 Å². The Bertz CT molecular complexity index is 853. The zero-order chi connectivity index (χ0) is 21.0. The van der Waals surface area contributed by atoms with Crippen LogP contribution in [0.3, 0.4) is 0 Å². The van der Waals surface area contributed by atoms with Crippen LogP contribution in [0.2, 0.25) is 5.02 Å². The molecular weight excluding hydrogens is 395 g/mol. The van der Waals surface area contributed by atoms with Gasteiger partial charge in [0.25, 0.3) is 0 Å². The number of rotatable bonds is 9. The Morgan fingerprint density at radius 1 is 1.28 bits per heavy atom. The highest BCUT2D eigenvalue weighted by Crippen LogP contribution is 2.31. The van der Waals surface area contributed by atoms with Gasteiger partial charge in [0.05, 0.1) is 26.8 Å². The lowest BCUT2D eigenvalue weighted by molar-refractivity contribution is -0.123. The van der Waals surface area contributed by atoms with Crippen LogP contribution in [-0.2, 0) is 11.3 Å². The average Bonchev–Trinajstić information content (AvgIpc) is 3.54. The van der Waals surface area contributed by atoms with Gasteiger partial charge in [-0.05, 0) is 50.1 Å². The van der Waals surface area contributed by atoms with Crippen molar-refractivity contribution < 1.29 is 18.7 Å². The second-order valence-electron chi connectivity index (χ2n) is 7.23. The van der Waals surface area contributed by atoms with Crippen molar-refractivity contribution in [2.24, 2.45) is 0 Å². The standard InChI is InChI=1S/C22H26ClFN2O3/c1-14(17-11-16(28-2)9-10-21(17)29-3)25-22(27)13-26(15-7-8-15)12-18-19(23)5-4-6-20(18)24/h4-6,9-11,14-15H,7-8,12-13H2,1-3H3,(H,25,27). The first-order valence-electron chi connectivity index (χ1n) is 9.61. The number of nitrogens with one attached hydrogen (secondary N) is 1. The third kappa shape index (κ3) is 5.40. The Morgan fingerprint density at radius 2 is 2.03 bits per heavy atom. The van der Waals surface area contributed by atoms with E-state index in [0.29, 0.717) is 28.6 Å². The fourth-order valence-corrected chi connectivity index (χ4v) is 3.59. The van der Waals surface area contributed by atoms with Gasteiger partial charge < -0.3 is 14.8 Å². The molecule has 1 amide bonds. The molecule has 1 atom stereocenters. The van der Waals surface area contributed by atoms with E-state index in [4.69, 9.17) is 21.1 Å². The monoisotopic (exact) mass is 420 g/mol. The quantitative estimate of drug-likeness (QED) is 0.655. The SMILES string of the molecule is COc1ccc(OC)c(C(C)NC(=O)CN(Cc2c(F)cccc2Cl)C2CC2)c1. The molecule has 1 fully saturated rings. The third-order valence-corrected chi connectivity index (χ3v) is 5.47. The number of benzene rings is 2. The second kappa shape index (κ2) is 9.46. The van der Waals surface area contributed by atoms with Crippen molar-refractivity contribution in [1.82, 2.24) is 10.2 Å². The van der Waals surface area contributed by atoms with E-state index in [2.05, 4.69) is 5.32 Å². The first kappa shape index (κ1) is 21.4. The molecular formula is C22H26ClFN2O3. The van der Waals surface area contributed by atoms with Crippen molar-refractivity contribution in [3.8, 4) is 11.5 Å². The van der Waals surface area contributed by atoms with Gasteiger partial charge in [0.15, 0.2) is 0 Å². The minimum Gasteiger partial charge on any atom is -0.497 e. The van der Waals surface area contributed by atoms with Gasteiger partial charge in [-0.1, -0.05) is 17.7 Å². The molecule has 1 saturated carbocycles. The van der Waals surface area contributed by atoms with E-state index in [1.165, 1.54) is 6.07 Å². The van der Waals surface area contributed by atoms with Gasteiger partial charge in [0, 0.05) is 28.7 Å². The molecule has 0 spiro atoms. The maximum Gasteiger partial charge on any atom is 0.234 e. The van der Waals surface area contributed by atoms with Gasteiger partial charge in [-0.3, -0.25) is 9.69 Å². The zero-order valence-electron chi connectivity index (χ0n) is 16.9. The Balaban J connectivity index is 1.68. The molecule has 1 N–H and O–H groups in total. The molecule has 1 aliphatic rings. The number of ether oxygens (including phenoxy) is 2. The first-order valence-corrected chi connectivity index (χ1v) is 9.99. The zero-order valence-corrected chi connectivity index (χ0v) is 17.6. The Labute approximate surface area is 175 Å². The Morgan fingerprint density at radius 3 is 2.66 bits per heavy atom. The van der Waals surface area contributed by atoms with Crippen molar-refractivity contribution in [3.05, 3.63) is 58.4 Å². The van der Waals surface area contributed by atoms with Gasteiger partial charge in [-0.15, -0.1) is 0 Å². The number of halogens is 2. The van der Waals surface area contributed by atoms with Crippen molar-refractivity contribution in [2.45, 2.75) is 38.4 Å². The molecule has 1 unspecified atom stereocenters. The first-order chi connectivity index (χ1) is 13.9. The van der Waals surface area contributed by atoms with Gasteiger partial charge >= 0.3 is 0 Å². The summed E-state index contributed by atoms with van der Waals surface area (Å²) in [4.78, 5) is 14.7. The molecule has 0 heterocycles. The smallest absolute Gasteiger partial charge is 0.234 e. The van der Waals surface area contributed by atoms with Crippen LogP contribution in [0.15, 0.2) is 36.4 Å². The number of amides is 1. The predicted octanol–water partition coefficient (Wildman–Crippen LogP) is 4.34. The fraction of sp³-hybridized carbons (Fsp3) is 0.409. The number of methoxy groups -OCH3 is 2. The van der Waals surface area contributed by atoms with Crippen LogP contribution in [0.1, 0.15) is 36.9 Å². The van der Waals surface area contributed by atoms with Gasteiger partial charge in [-0.2, -0.15) is 0 Å². The van der Waals surface area contributed by atoms with Crippen molar-refractivity contribution in [3.63, 3.8) is 0 Å². The summed E-state index contributed by atoms with van der Waals surface area (Å²) in [6.45, 7) is 2.37. The van der Waals surface area contributed by atoms with Crippen LogP contribution < -0.4 is 14.8 Å². The van der Waals surface area contributed by atoms with E-state index < -0.39 is 0 Å². The molecule has 2 aromatic carbocycles. The number of hydrogen-bond donors (Lipinski definition) is 1. The molecule has 0 bridgehead atoms. The maximum absolute atomic E-state index is 14.2. The summed E-state index contributed by atoms with van der Waals surface area (Å²) in [5, 5.41) is 3.39. The number of hydrogen-bond acceptors (Lipinski definition) is 4. The molecule has 2 aromatic rings. The van der Waals surface area contributed by atoms with E-state index in [9.17, 15) is 9.18 Å². The van der Waals surface area contributed by atoms with E-state index >= 15 is 0 Å². The van der Waals surface area contributed by atoms with E-state index in [1.54, 1.807) is 26.4 Å². The molecule has 29 heavy (non-hydrogen) atoms. The molecule has 7 heteroatoms. The Kier molecular flexibility index (Phi) is 6.98. The average molecular weight is 421 g/mol. The molecule has 0 aliphatic heterocycles. The van der Waals surface area contributed by atoms with E-state index in [-0.39, 0.29) is 30.4 Å². The summed E-state index contributed by atoms with van der Waals surface area (Å²) in [5.74, 6) is 0.881. The highest BCUT2D eigenvalue weighted by Gasteiger charge is 2.31. The molecule has 156 valence electrons. The predicted molar refractivity (Wildman–Crippen MR) is 111 cm³/mol. The van der Waals surface area contributed by atoms with Gasteiger partial charge in [-0.25, -0.2) is 4.39 Å². The lowest BCUT2D eigenvalue weighted by atomic mass is 10.1. The normalized spacial score (nSPS) is 14.6. The van der Waals surface area contributed by atoms with E-state index in [0.717, 1.165) is 18.4 Å². The van der Waals surface area contributed by atoms with E-state index in [1.807, 2.05) is 30.0 Å². The fourth-order valence-electron chi connectivity index (χ4n) is 3.37. The lowest BCUT2D eigenvalue weighted by Crippen LogP contribution is -2.39. The van der Waals surface area contributed by atoms with Crippen LogP contribution in [-0.4, -0.2) is 37.6 Å². The molecule has 5 nitrogen and oxygen atoms in total. The van der Waals surface area contributed by atoms with Crippen LogP contribution in [0.4, 0.5) is 4.39 Å². The molecule has 0 saturated heterocycles. The maximum atomic E-state index is 14.2. The highest BCUT2D eigenvalue weighted by molar-refractivity contribution is 6.31. The summed E-state index contributed by atoms with van der Waals surface area (Å²) >= 11 is 6.17. The van der Waals surface area contributed by atoms with Crippen molar-refractivity contribution in [2.75, 3.05) is 20.8 Å². The molecule has 0 radical (unpaired) electrons. The summed E-state index contributed by atoms with van der Waals surface area (Å²) in [6.07, 6.45) is 2.00. The van der Waals surface area contributed by atoms with Crippen LogP contribution in [0, 0.1) is 5.82 Å². The lowest BCUT2D eigenvalue weighted by Gasteiger charge is -2.24. The highest BCUT2D eigenvalue weighted by atomic mass is 35.5. The topological polar surface area (TPSA) is 50.8 Å². The third-order valence-electron chi connectivity index (χ3n) is 5.11. The molecule has 3 rings (SSSR count). The van der Waals surface area contributed by atoms with Crippen molar-refractivity contribution in [1.29, 1.82) is 0 Å². The summed E-state index contributed by atoms with van der Waals surface area (Å²) < 4.78 is 24.9. The second-order valence-corrected chi connectivity index (χ2v) is 7.64. The number of carbonyl (C=O) groups excluding carboxylic acids is 1. The molecule has 0 aromatic heterocycles. The van der Waals surface area contributed by atoms with Crippen LogP contribution in [0.5, 0.6) is 11.5 Å². The van der Waals surface area contributed by atoms with Crippen molar-refractivity contribution >= 4 is 17.5 Å². The summed E-state index contributed by atoms with van der Waals surface area (Å²) in [5.41, 5.74) is 1.26. The van der Waals surface area contributed by atoms with Gasteiger partial charge in [0.1, 0.15) is 17.3 Å². The van der Waals surface area contributed by atoms with Crippen LogP contribution in [0.25, 0.3) is 0 Å². The minimum absolute atomic E-state index is 0.137. The largest absolute Gasteiger partial charge is 0.497 e. The summed E-state index contributed by atoms with van der Waals surface area (Å²) in [7, 11) is 3.18. The molecule has 1 aliphatic carbocycles.